The number of hydrogen-bond acceptors (Lipinski definition) is 3. The zero-order chi connectivity index (χ0) is 15.2. The lowest BCUT2D eigenvalue weighted by Gasteiger charge is -2.15. The van der Waals surface area contributed by atoms with Gasteiger partial charge < -0.3 is 21.1 Å². The van der Waals surface area contributed by atoms with Crippen molar-refractivity contribution in [1.82, 2.24) is 10.3 Å². The Balaban J connectivity index is 2.09. The number of aliphatic hydroxyl groups is 1. The fourth-order valence-corrected chi connectivity index (χ4v) is 2.25. The van der Waals surface area contributed by atoms with E-state index < -0.39 is 11.9 Å². The van der Waals surface area contributed by atoms with E-state index in [0.29, 0.717) is 12.8 Å². The molecular formula is C15H19N3O3. The molecule has 5 N–H and O–H groups in total. The Hall–Kier alpha value is -2.34. The van der Waals surface area contributed by atoms with Gasteiger partial charge in [-0.2, -0.15) is 0 Å². The topological polar surface area (TPSA) is 108 Å². The van der Waals surface area contributed by atoms with Crippen LogP contribution in [-0.4, -0.2) is 34.6 Å². The average Bonchev–Trinajstić information content (AvgIpc) is 2.87. The summed E-state index contributed by atoms with van der Waals surface area (Å²) < 4.78 is 0. The van der Waals surface area contributed by atoms with Crippen molar-refractivity contribution < 1.29 is 14.7 Å². The number of amides is 2. The Labute approximate surface area is 122 Å². The minimum Gasteiger partial charge on any atom is -0.396 e. The maximum Gasteiger partial charge on any atom is 0.240 e. The van der Waals surface area contributed by atoms with E-state index in [-0.39, 0.29) is 18.9 Å². The van der Waals surface area contributed by atoms with E-state index in [1.165, 1.54) is 0 Å². The number of carbonyl (C=O) groups excluding carboxylic acids is 2. The molecule has 0 saturated heterocycles. The van der Waals surface area contributed by atoms with Gasteiger partial charge >= 0.3 is 0 Å². The fraction of sp³-hybridized carbons (Fsp3) is 0.333. The summed E-state index contributed by atoms with van der Waals surface area (Å²) in [7, 11) is 0. The monoisotopic (exact) mass is 289 g/mol. The molecule has 0 saturated carbocycles. The number of para-hydroxylation sites is 1. The van der Waals surface area contributed by atoms with Crippen molar-refractivity contribution in [2.75, 3.05) is 6.61 Å². The number of benzene rings is 1. The van der Waals surface area contributed by atoms with Crippen molar-refractivity contribution >= 4 is 22.7 Å². The van der Waals surface area contributed by atoms with Crippen molar-refractivity contribution in [1.29, 1.82) is 0 Å². The van der Waals surface area contributed by atoms with Crippen LogP contribution in [0.15, 0.2) is 30.5 Å². The van der Waals surface area contributed by atoms with Crippen molar-refractivity contribution in [3.63, 3.8) is 0 Å². The van der Waals surface area contributed by atoms with Gasteiger partial charge in [0.05, 0.1) is 0 Å². The average molecular weight is 289 g/mol. The maximum atomic E-state index is 11.7. The molecule has 1 aromatic carbocycles. The van der Waals surface area contributed by atoms with Crippen LogP contribution in [0.2, 0.25) is 0 Å². The lowest BCUT2D eigenvalue weighted by atomic mass is 10.0. The van der Waals surface area contributed by atoms with Crippen LogP contribution < -0.4 is 11.1 Å². The lowest BCUT2D eigenvalue weighted by Crippen LogP contribution is -2.45. The summed E-state index contributed by atoms with van der Waals surface area (Å²) >= 11 is 0. The minimum absolute atomic E-state index is 0.0584. The van der Waals surface area contributed by atoms with Gasteiger partial charge in [-0.05, 0) is 18.1 Å². The summed E-state index contributed by atoms with van der Waals surface area (Å²) in [6.45, 7) is -0.0584. The van der Waals surface area contributed by atoms with Crippen LogP contribution in [0.4, 0.5) is 0 Å². The number of hydrogen-bond donors (Lipinski definition) is 4. The SMILES string of the molecule is NC(=O)[C@H](Cc1c[nH]c2ccccc12)NC(=O)CCCO. The number of aliphatic hydroxyl groups excluding tert-OH is 1. The summed E-state index contributed by atoms with van der Waals surface area (Å²) in [5.74, 6) is -0.856. The standard InChI is InChI=1S/C15H19N3O3/c16-15(21)13(18-14(20)6-3-7-19)8-10-9-17-12-5-2-1-4-11(10)12/h1-2,4-5,9,13,17,19H,3,6-8H2,(H2,16,21)(H,18,20)/t13-/m0/s1. The van der Waals surface area contributed by atoms with Crippen LogP contribution in [0.3, 0.4) is 0 Å². The van der Waals surface area contributed by atoms with Crippen molar-refractivity contribution in [3.8, 4) is 0 Å². The van der Waals surface area contributed by atoms with Gasteiger partial charge in [0.2, 0.25) is 11.8 Å². The van der Waals surface area contributed by atoms with E-state index in [4.69, 9.17) is 10.8 Å². The van der Waals surface area contributed by atoms with Crippen molar-refractivity contribution in [2.24, 2.45) is 5.73 Å². The second-order valence-corrected chi connectivity index (χ2v) is 4.91. The first kappa shape index (κ1) is 15.1. The van der Waals surface area contributed by atoms with Crippen molar-refractivity contribution in [3.05, 3.63) is 36.0 Å². The first-order valence-electron chi connectivity index (χ1n) is 6.86. The highest BCUT2D eigenvalue weighted by molar-refractivity contribution is 5.88. The fourth-order valence-electron chi connectivity index (χ4n) is 2.25. The Morgan fingerprint density at radius 1 is 1.33 bits per heavy atom. The zero-order valence-corrected chi connectivity index (χ0v) is 11.6. The number of nitrogens with two attached hydrogens (primary N) is 1. The number of H-pyrrole nitrogens is 1. The van der Waals surface area contributed by atoms with Gasteiger partial charge in [-0.15, -0.1) is 0 Å². The third-order valence-corrected chi connectivity index (χ3v) is 3.34. The van der Waals surface area contributed by atoms with E-state index in [9.17, 15) is 9.59 Å². The molecule has 1 atom stereocenters. The molecule has 6 nitrogen and oxygen atoms in total. The number of fused-ring (bicyclic) bond motifs is 1. The zero-order valence-electron chi connectivity index (χ0n) is 11.6. The molecule has 0 aliphatic heterocycles. The number of carbonyl (C=O) groups is 2. The van der Waals surface area contributed by atoms with Crippen LogP contribution in [0.1, 0.15) is 18.4 Å². The predicted octanol–water partition coefficient (Wildman–Crippen LogP) is 0.453. The summed E-state index contributed by atoms with van der Waals surface area (Å²) in [5.41, 5.74) is 7.26. The molecule has 0 radical (unpaired) electrons. The molecule has 0 fully saturated rings. The number of aromatic nitrogens is 1. The van der Waals surface area contributed by atoms with E-state index >= 15 is 0 Å². The summed E-state index contributed by atoms with van der Waals surface area (Å²) in [4.78, 5) is 26.3. The highest BCUT2D eigenvalue weighted by Gasteiger charge is 2.19. The lowest BCUT2D eigenvalue weighted by molar-refractivity contribution is -0.127. The molecule has 0 bridgehead atoms. The Morgan fingerprint density at radius 2 is 2.10 bits per heavy atom. The van der Waals surface area contributed by atoms with Crippen LogP contribution in [0.5, 0.6) is 0 Å². The predicted molar refractivity (Wildman–Crippen MR) is 79.4 cm³/mol. The van der Waals surface area contributed by atoms with Gasteiger partial charge in [0.25, 0.3) is 0 Å². The molecule has 21 heavy (non-hydrogen) atoms. The molecule has 1 aromatic heterocycles. The first-order valence-corrected chi connectivity index (χ1v) is 6.86. The highest BCUT2D eigenvalue weighted by Crippen LogP contribution is 2.19. The van der Waals surface area contributed by atoms with Gasteiger partial charge in [-0.1, -0.05) is 18.2 Å². The van der Waals surface area contributed by atoms with E-state index in [1.54, 1.807) is 0 Å². The van der Waals surface area contributed by atoms with E-state index in [0.717, 1.165) is 16.5 Å². The van der Waals surface area contributed by atoms with Gasteiger partial charge in [-0.3, -0.25) is 9.59 Å². The molecule has 0 aliphatic rings. The van der Waals surface area contributed by atoms with Crippen LogP contribution in [-0.2, 0) is 16.0 Å². The van der Waals surface area contributed by atoms with Gasteiger partial charge in [0.1, 0.15) is 6.04 Å². The second kappa shape index (κ2) is 6.90. The Bertz CT molecular complexity index is 636. The molecule has 112 valence electrons. The second-order valence-electron chi connectivity index (χ2n) is 4.91. The van der Waals surface area contributed by atoms with Crippen LogP contribution in [0, 0.1) is 0 Å². The van der Waals surface area contributed by atoms with E-state index in [1.807, 2.05) is 30.5 Å². The molecular weight excluding hydrogens is 270 g/mol. The van der Waals surface area contributed by atoms with Crippen LogP contribution in [0.25, 0.3) is 10.9 Å². The van der Waals surface area contributed by atoms with Gasteiger partial charge in [0, 0.05) is 36.5 Å². The molecule has 2 amide bonds. The largest absolute Gasteiger partial charge is 0.396 e. The normalized spacial score (nSPS) is 12.2. The van der Waals surface area contributed by atoms with E-state index in [2.05, 4.69) is 10.3 Å². The minimum atomic E-state index is -0.754. The highest BCUT2D eigenvalue weighted by atomic mass is 16.3. The Kier molecular flexibility index (Phi) is 4.94. The molecule has 0 spiro atoms. The van der Waals surface area contributed by atoms with Crippen LogP contribution >= 0.6 is 0 Å². The number of aromatic amines is 1. The molecule has 0 aliphatic carbocycles. The first-order chi connectivity index (χ1) is 10.1. The summed E-state index contributed by atoms with van der Waals surface area (Å²) in [6.07, 6.45) is 2.70. The molecule has 2 rings (SSSR count). The van der Waals surface area contributed by atoms with Crippen molar-refractivity contribution in [2.45, 2.75) is 25.3 Å². The Morgan fingerprint density at radius 3 is 2.81 bits per heavy atom. The third-order valence-electron chi connectivity index (χ3n) is 3.34. The molecule has 0 unspecified atom stereocenters. The summed E-state index contributed by atoms with van der Waals surface area (Å²) in [6, 6.07) is 6.98. The van der Waals surface area contributed by atoms with Gasteiger partial charge in [-0.25, -0.2) is 0 Å². The summed E-state index contributed by atoms with van der Waals surface area (Å²) in [5, 5.41) is 12.3. The van der Waals surface area contributed by atoms with Gasteiger partial charge in [0.15, 0.2) is 0 Å². The molecule has 2 aromatic rings. The molecule has 1 heterocycles. The number of rotatable bonds is 7. The maximum absolute atomic E-state index is 11.7. The molecule has 6 heteroatoms. The number of nitrogens with one attached hydrogen (secondary N) is 2. The number of primary amides is 1. The quantitative estimate of drug-likeness (QED) is 0.594. The smallest absolute Gasteiger partial charge is 0.240 e. The third kappa shape index (κ3) is 3.82.